The summed E-state index contributed by atoms with van der Waals surface area (Å²) in [7, 11) is 3.03. The maximum atomic E-state index is 12.3. The Bertz CT molecular complexity index is 904. The monoisotopic (exact) mass is 327 g/mol. The molecule has 0 radical (unpaired) electrons. The van der Waals surface area contributed by atoms with E-state index in [0.717, 1.165) is 0 Å². The molecule has 0 aliphatic heterocycles. The lowest BCUT2D eigenvalue weighted by molar-refractivity contribution is 0.182. The molecule has 0 N–H and O–H groups in total. The normalized spacial score (nSPS) is 12.0. The average Bonchev–Trinajstić information content (AvgIpc) is 2.61. The van der Waals surface area contributed by atoms with Gasteiger partial charge in [-0.2, -0.15) is 0 Å². The molecule has 1 heterocycles. The minimum atomic E-state index is -0.516. The minimum absolute atomic E-state index is 0.198. The molecule has 1 atom stereocenters. The van der Waals surface area contributed by atoms with E-state index < -0.39 is 11.7 Å². The number of benzene rings is 2. The van der Waals surface area contributed by atoms with Gasteiger partial charge in [0.25, 0.3) is 0 Å². The van der Waals surface area contributed by atoms with Crippen molar-refractivity contribution >= 4 is 10.9 Å². The Labute approximate surface area is 138 Å². The SMILES string of the molecule is COc1cc2nc([C@H](C)Oc3ccccc3)oc(=O)c2cc1OC. The van der Waals surface area contributed by atoms with E-state index in [2.05, 4.69) is 4.98 Å². The second-order valence-electron chi connectivity index (χ2n) is 5.14. The van der Waals surface area contributed by atoms with Gasteiger partial charge in [0.15, 0.2) is 17.6 Å². The predicted octanol–water partition coefficient (Wildman–Crippen LogP) is 3.35. The lowest BCUT2D eigenvalue weighted by atomic mass is 10.2. The van der Waals surface area contributed by atoms with Gasteiger partial charge in [-0.1, -0.05) is 18.2 Å². The van der Waals surface area contributed by atoms with Gasteiger partial charge in [-0.05, 0) is 19.1 Å². The molecule has 2 aromatic carbocycles. The molecular formula is C18H17NO5. The number of hydrogen-bond donors (Lipinski definition) is 0. The van der Waals surface area contributed by atoms with Gasteiger partial charge in [-0.3, -0.25) is 0 Å². The number of aromatic nitrogens is 1. The van der Waals surface area contributed by atoms with Crippen LogP contribution in [-0.2, 0) is 0 Å². The summed E-state index contributed by atoms with van der Waals surface area (Å²) in [6.07, 6.45) is -0.516. The molecule has 124 valence electrons. The Morgan fingerprint density at radius 2 is 1.71 bits per heavy atom. The van der Waals surface area contributed by atoms with Gasteiger partial charge in [0, 0.05) is 12.1 Å². The molecule has 6 heteroatoms. The second-order valence-corrected chi connectivity index (χ2v) is 5.14. The molecule has 0 bridgehead atoms. The Hall–Kier alpha value is -3.02. The summed E-state index contributed by atoms with van der Waals surface area (Å²) in [5, 5.41) is 0.323. The van der Waals surface area contributed by atoms with Gasteiger partial charge in [-0.25, -0.2) is 9.78 Å². The zero-order valence-electron chi connectivity index (χ0n) is 13.6. The fraction of sp³-hybridized carbons (Fsp3) is 0.222. The largest absolute Gasteiger partial charge is 0.493 e. The van der Waals surface area contributed by atoms with Crippen molar-refractivity contribution in [1.29, 1.82) is 0 Å². The molecule has 0 unspecified atom stereocenters. The van der Waals surface area contributed by atoms with Crippen LogP contribution in [0.5, 0.6) is 17.2 Å². The van der Waals surface area contributed by atoms with Crippen molar-refractivity contribution in [2.45, 2.75) is 13.0 Å². The van der Waals surface area contributed by atoms with Gasteiger partial charge < -0.3 is 18.6 Å². The molecule has 24 heavy (non-hydrogen) atoms. The summed E-state index contributed by atoms with van der Waals surface area (Å²) in [5.74, 6) is 1.80. The molecular weight excluding hydrogens is 310 g/mol. The van der Waals surface area contributed by atoms with Crippen molar-refractivity contribution in [3.63, 3.8) is 0 Å². The average molecular weight is 327 g/mol. The first-order valence-corrected chi connectivity index (χ1v) is 7.41. The van der Waals surface area contributed by atoms with Crippen molar-refractivity contribution in [1.82, 2.24) is 4.98 Å². The van der Waals surface area contributed by atoms with Crippen LogP contribution in [0.25, 0.3) is 10.9 Å². The van der Waals surface area contributed by atoms with Crippen LogP contribution >= 0.6 is 0 Å². The Morgan fingerprint density at radius 1 is 1.04 bits per heavy atom. The van der Waals surface area contributed by atoms with Crippen LogP contribution in [0.2, 0.25) is 0 Å². The highest BCUT2D eigenvalue weighted by Crippen LogP contribution is 2.31. The summed E-state index contributed by atoms with van der Waals surface area (Å²) in [4.78, 5) is 16.7. The van der Waals surface area contributed by atoms with Crippen LogP contribution in [0, 0.1) is 0 Å². The third kappa shape index (κ3) is 3.03. The van der Waals surface area contributed by atoms with Gasteiger partial charge in [0.1, 0.15) is 5.75 Å². The first kappa shape index (κ1) is 15.9. The van der Waals surface area contributed by atoms with Crippen molar-refractivity contribution in [2.24, 2.45) is 0 Å². The lowest BCUT2D eigenvalue weighted by Crippen LogP contribution is -2.11. The fourth-order valence-electron chi connectivity index (χ4n) is 2.34. The maximum Gasteiger partial charge on any atom is 0.347 e. The molecule has 6 nitrogen and oxygen atoms in total. The molecule has 0 amide bonds. The molecule has 1 aromatic heterocycles. The minimum Gasteiger partial charge on any atom is -0.493 e. The molecule has 0 aliphatic carbocycles. The number of nitrogens with zero attached hydrogens (tertiary/aromatic N) is 1. The number of ether oxygens (including phenoxy) is 3. The van der Waals surface area contributed by atoms with Gasteiger partial charge in [0.2, 0.25) is 5.89 Å². The summed E-state index contributed by atoms with van der Waals surface area (Å²) in [6.45, 7) is 1.77. The highest BCUT2D eigenvalue weighted by Gasteiger charge is 2.17. The van der Waals surface area contributed by atoms with Gasteiger partial charge in [0.05, 0.1) is 25.1 Å². The van der Waals surface area contributed by atoms with Crippen LogP contribution in [0.1, 0.15) is 18.9 Å². The first-order valence-electron chi connectivity index (χ1n) is 7.41. The highest BCUT2D eigenvalue weighted by atomic mass is 16.5. The van der Waals surface area contributed by atoms with Crippen molar-refractivity contribution in [3.8, 4) is 17.2 Å². The van der Waals surface area contributed by atoms with Crippen LogP contribution in [-0.4, -0.2) is 19.2 Å². The van der Waals surface area contributed by atoms with Crippen molar-refractivity contribution < 1.29 is 18.6 Å². The lowest BCUT2D eigenvalue weighted by Gasteiger charge is -2.13. The Kier molecular flexibility index (Phi) is 4.37. The molecule has 3 rings (SSSR count). The summed E-state index contributed by atoms with van der Waals surface area (Å²) >= 11 is 0. The molecule has 3 aromatic rings. The smallest absolute Gasteiger partial charge is 0.347 e. The quantitative estimate of drug-likeness (QED) is 0.716. The van der Waals surface area contributed by atoms with Crippen LogP contribution in [0.4, 0.5) is 0 Å². The third-order valence-electron chi connectivity index (χ3n) is 3.55. The van der Waals surface area contributed by atoms with Crippen molar-refractivity contribution in [2.75, 3.05) is 14.2 Å². The predicted molar refractivity (Wildman–Crippen MR) is 88.9 cm³/mol. The standard InChI is InChI=1S/C18H17NO5/c1-11(23-12-7-5-4-6-8-12)17-19-14-10-16(22-3)15(21-2)9-13(14)18(20)24-17/h4-11H,1-3H3/t11-/m0/s1. The highest BCUT2D eigenvalue weighted by molar-refractivity contribution is 5.81. The molecule has 0 fully saturated rings. The second kappa shape index (κ2) is 6.62. The molecule has 0 aliphatic rings. The number of rotatable bonds is 5. The maximum absolute atomic E-state index is 12.3. The fourth-order valence-corrected chi connectivity index (χ4v) is 2.34. The molecule has 0 saturated carbocycles. The molecule has 0 saturated heterocycles. The Morgan fingerprint density at radius 3 is 2.38 bits per heavy atom. The van der Waals surface area contributed by atoms with Crippen molar-refractivity contribution in [3.05, 3.63) is 58.8 Å². The number of fused-ring (bicyclic) bond motifs is 1. The number of para-hydroxylation sites is 1. The van der Waals surface area contributed by atoms with Crippen LogP contribution in [0.3, 0.4) is 0 Å². The van der Waals surface area contributed by atoms with Crippen LogP contribution in [0.15, 0.2) is 51.7 Å². The summed E-state index contributed by atoms with van der Waals surface area (Å²) < 4.78 is 21.5. The number of methoxy groups -OCH3 is 2. The van der Waals surface area contributed by atoms with E-state index >= 15 is 0 Å². The number of hydrogen-bond acceptors (Lipinski definition) is 6. The third-order valence-corrected chi connectivity index (χ3v) is 3.55. The van der Waals surface area contributed by atoms with Gasteiger partial charge >= 0.3 is 5.63 Å². The first-order chi connectivity index (χ1) is 11.6. The van der Waals surface area contributed by atoms with Gasteiger partial charge in [-0.15, -0.1) is 0 Å². The van der Waals surface area contributed by atoms with Crippen LogP contribution < -0.4 is 19.8 Å². The topological polar surface area (TPSA) is 70.8 Å². The molecule has 0 spiro atoms. The zero-order valence-corrected chi connectivity index (χ0v) is 13.6. The van der Waals surface area contributed by atoms with E-state index in [9.17, 15) is 4.79 Å². The van der Waals surface area contributed by atoms with E-state index in [1.807, 2.05) is 30.3 Å². The van der Waals surface area contributed by atoms with E-state index in [4.69, 9.17) is 18.6 Å². The van der Waals surface area contributed by atoms with E-state index in [0.29, 0.717) is 28.2 Å². The summed E-state index contributed by atoms with van der Waals surface area (Å²) in [5.41, 5.74) is -0.0399. The van der Waals surface area contributed by atoms with E-state index in [-0.39, 0.29) is 5.89 Å². The van der Waals surface area contributed by atoms with E-state index in [1.54, 1.807) is 19.1 Å². The Balaban J connectivity index is 2.02. The van der Waals surface area contributed by atoms with E-state index in [1.165, 1.54) is 14.2 Å². The summed E-state index contributed by atoms with van der Waals surface area (Å²) in [6, 6.07) is 12.5. The zero-order chi connectivity index (χ0) is 17.1.